The van der Waals surface area contributed by atoms with Crippen molar-refractivity contribution in [3.8, 4) is 0 Å². The Bertz CT molecular complexity index is 172. The molecule has 0 radical (unpaired) electrons. The van der Waals surface area contributed by atoms with Crippen LogP contribution in [0, 0.1) is 0 Å². The molecule has 0 aromatic rings. The summed E-state index contributed by atoms with van der Waals surface area (Å²) in [5, 5.41) is 20.4. The van der Waals surface area contributed by atoms with Crippen LogP contribution < -0.4 is 5.32 Å². The van der Waals surface area contributed by atoms with Crippen LogP contribution in [0.15, 0.2) is 12.7 Å². The van der Waals surface area contributed by atoms with E-state index in [1.807, 2.05) is 0 Å². The van der Waals surface area contributed by atoms with Gasteiger partial charge in [-0.05, 0) is 0 Å². The van der Waals surface area contributed by atoms with Gasteiger partial charge in [0, 0.05) is 13.1 Å². The molecule has 5 heteroatoms. The molecule has 0 aromatic heterocycles. The summed E-state index contributed by atoms with van der Waals surface area (Å²) < 4.78 is 5.00. The number of carboxylic acid groups (broad SMARTS) is 1. The van der Waals surface area contributed by atoms with Gasteiger partial charge in [-0.25, -0.2) is 0 Å². The molecule has 0 spiro atoms. The van der Waals surface area contributed by atoms with Gasteiger partial charge < -0.3 is 20.3 Å². The van der Waals surface area contributed by atoms with E-state index in [0.717, 1.165) is 0 Å². The highest BCUT2D eigenvalue weighted by atomic mass is 16.5. The summed E-state index contributed by atoms with van der Waals surface area (Å²) in [6.45, 7) is 4.79. The van der Waals surface area contributed by atoms with E-state index in [9.17, 15) is 9.90 Å². The number of hydrogen-bond donors (Lipinski definition) is 3. The lowest BCUT2D eigenvalue weighted by Crippen LogP contribution is -2.31. The largest absolute Gasteiger partial charge is 0.481 e. The Kier molecular flexibility index (Phi) is 8.11. The SMILES string of the molecule is C=CCOCC(O)CNCCC(=O)O. The summed E-state index contributed by atoms with van der Waals surface area (Å²) in [5.41, 5.74) is 0. The van der Waals surface area contributed by atoms with Gasteiger partial charge in [0.15, 0.2) is 0 Å². The van der Waals surface area contributed by atoms with E-state index in [2.05, 4.69) is 11.9 Å². The zero-order valence-electron chi connectivity index (χ0n) is 8.11. The van der Waals surface area contributed by atoms with Crippen LogP contribution >= 0.6 is 0 Å². The average Bonchev–Trinajstić information content (AvgIpc) is 2.13. The van der Waals surface area contributed by atoms with Crippen LogP contribution in [0.2, 0.25) is 0 Å². The minimum Gasteiger partial charge on any atom is -0.481 e. The molecule has 0 aromatic carbocycles. The smallest absolute Gasteiger partial charge is 0.304 e. The molecule has 1 atom stereocenters. The number of ether oxygens (including phenoxy) is 1. The van der Waals surface area contributed by atoms with Crippen LogP contribution in [0.4, 0.5) is 0 Å². The van der Waals surface area contributed by atoms with Crippen molar-refractivity contribution in [3.05, 3.63) is 12.7 Å². The van der Waals surface area contributed by atoms with Crippen LogP contribution in [0.3, 0.4) is 0 Å². The monoisotopic (exact) mass is 203 g/mol. The predicted molar refractivity (Wildman–Crippen MR) is 52.1 cm³/mol. The van der Waals surface area contributed by atoms with E-state index in [1.54, 1.807) is 6.08 Å². The first kappa shape index (κ1) is 13.1. The van der Waals surface area contributed by atoms with Gasteiger partial charge in [0.1, 0.15) is 0 Å². The molecule has 3 N–H and O–H groups in total. The fourth-order valence-electron chi connectivity index (χ4n) is 0.810. The van der Waals surface area contributed by atoms with E-state index < -0.39 is 12.1 Å². The fourth-order valence-corrected chi connectivity index (χ4v) is 0.810. The summed E-state index contributed by atoms with van der Waals surface area (Å²) >= 11 is 0. The van der Waals surface area contributed by atoms with Crippen LogP contribution in [0.25, 0.3) is 0 Å². The van der Waals surface area contributed by atoms with Crippen molar-refractivity contribution in [2.24, 2.45) is 0 Å². The molecule has 0 aliphatic heterocycles. The third-order valence-corrected chi connectivity index (χ3v) is 1.44. The minimum atomic E-state index is -0.852. The number of aliphatic hydroxyl groups excluding tert-OH is 1. The average molecular weight is 203 g/mol. The van der Waals surface area contributed by atoms with Gasteiger partial charge in [-0.2, -0.15) is 0 Å². The molecule has 82 valence electrons. The zero-order valence-corrected chi connectivity index (χ0v) is 8.11. The Morgan fingerprint density at radius 2 is 2.36 bits per heavy atom. The molecule has 0 amide bonds. The molecule has 0 aliphatic carbocycles. The first-order valence-electron chi connectivity index (χ1n) is 4.46. The first-order chi connectivity index (χ1) is 6.66. The number of carbonyl (C=O) groups is 1. The van der Waals surface area contributed by atoms with Crippen LogP contribution in [0.5, 0.6) is 0 Å². The molecule has 1 unspecified atom stereocenters. The second kappa shape index (κ2) is 8.68. The molecule has 0 heterocycles. The maximum absolute atomic E-state index is 10.1. The van der Waals surface area contributed by atoms with Gasteiger partial charge in [0.05, 0.1) is 25.7 Å². The second-order valence-corrected chi connectivity index (χ2v) is 2.83. The van der Waals surface area contributed by atoms with Gasteiger partial charge in [-0.15, -0.1) is 6.58 Å². The van der Waals surface area contributed by atoms with Crippen molar-refractivity contribution in [1.29, 1.82) is 0 Å². The van der Waals surface area contributed by atoms with Gasteiger partial charge >= 0.3 is 5.97 Å². The van der Waals surface area contributed by atoms with Crippen molar-refractivity contribution < 1.29 is 19.7 Å². The standard InChI is InChI=1S/C9H17NO4/c1-2-5-14-7-8(11)6-10-4-3-9(12)13/h2,8,10-11H,1,3-7H2,(H,12,13). The molecule has 0 aliphatic rings. The summed E-state index contributed by atoms with van der Waals surface area (Å²) in [4.78, 5) is 10.1. The van der Waals surface area contributed by atoms with Gasteiger partial charge in [0.2, 0.25) is 0 Å². The van der Waals surface area contributed by atoms with Crippen molar-refractivity contribution in [2.45, 2.75) is 12.5 Å². The number of aliphatic hydroxyl groups is 1. The van der Waals surface area contributed by atoms with Crippen molar-refractivity contribution >= 4 is 5.97 Å². The Hall–Kier alpha value is -0.910. The van der Waals surface area contributed by atoms with Crippen molar-refractivity contribution in [1.82, 2.24) is 5.32 Å². The van der Waals surface area contributed by atoms with Crippen LogP contribution in [-0.4, -0.2) is 48.6 Å². The lowest BCUT2D eigenvalue weighted by molar-refractivity contribution is -0.136. The van der Waals surface area contributed by atoms with Gasteiger partial charge in [-0.3, -0.25) is 4.79 Å². The molecular weight excluding hydrogens is 186 g/mol. The Morgan fingerprint density at radius 3 is 2.93 bits per heavy atom. The molecular formula is C9H17NO4. The maximum atomic E-state index is 10.1. The Balaban J connectivity index is 3.21. The van der Waals surface area contributed by atoms with E-state index in [0.29, 0.717) is 19.7 Å². The van der Waals surface area contributed by atoms with Gasteiger partial charge in [0.25, 0.3) is 0 Å². The zero-order chi connectivity index (χ0) is 10.8. The highest BCUT2D eigenvalue weighted by Gasteiger charge is 2.03. The number of aliphatic carboxylic acids is 1. The predicted octanol–water partition coefficient (Wildman–Crippen LogP) is -0.386. The third-order valence-electron chi connectivity index (χ3n) is 1.44. The quantitative estimate of drug-likeness (QED) is 0.351. The number of carboxylic acids is 1. The molecule has 5 nitrogen and oxygen atoms in total. The third kappa shape index (κ3) is 9.18. The van der Waals surface area contributed by atoms with E-state index in [1.165, 1.54) is 0 Å². The lowest BCUT2D eigenvalue weighted by atomic mass is 10.3. The van der Waals surface area contributed by atoms with E-state index in [-0.39, 0.29) is 13.0 Å². The highest BCUT2D eigenvalue weighted by molar-refractivity contribution is 5.66. The molecule has 0 rings (SSSR count). The summed E-state index contributed by atoms with van der Waals surface area (Å²) in [6.07, 6.45) is 1.05. The fraction of sp³-hybridized carbons (Fsp3) is 0.667. The summed E-state index contributed by atoms with van der Waals surface area (Å²) in [7, 11) is 0. The molecule has 0 saturated carbocycles. The molecule has 0 saturated heterocycles. The summed E-state index contributed by atoms with van der Waals surface area (Å²) in [6, 6.07) is 0. The van der Waals surface area contributed by atoms with Gasteiger partial charge in [-0.1, -0.05) is 6.08 Å². The highest BCUT2D eigenvalue weighted by Crippen LogP contribution is 1.84. The Morgan fingerprint density at radius 1 is 1.64 bits per heavy atom. The molecule has 0 fully saturated rings. The molecule has 0 bridgehead atoms. The first-order valence-corrected chi connectivity index (χ1v) is 4.46. The second-order valence-electron chi connectivity index (χ2n) is 2.83. The normalized spacial score (nSPS) is 12.4. The Labute approximate surface area is 83.4 Å². The maximum Gasteiger partial charge on any atom is 0.304 e. The molecule has 14 heavy (non-hydrogen) atoms. The minimum absolute atomic E-state index is 0.0558. The van der Waals surface area contributed by atoms with Crippen LogP contribution in [0.1, 0.15) is 6.42 Å². The number of nitrogens with one attached hydrogen (secondary N) is 1. The summed E-state index contributed by atoms with van der Waals surface area (Å²) in [5.74, 6) is -0.852. The van der Waals surface area contributed by atoms with Crippen LogP contribution in [-0.2, 0) is 9.53 Å². The topological polar surface area (TPSA) is 78.8 Å². The lowest BCUT2D eigenvalue weighted by Gasteiger charge is -2.10. The van der Waals surface area contributed by atoms with E-state index >= 15 is 0 Å². The van der Waals surface area contributed by atoms with E-state index in [4.69, 9.17) is 9.84 Å². The number of hydrogen-bond acceptors (Lipinski definition) is 4. The number of rotatable bonds is 9. The van der Waals surface area contributed by atoms with Crippen molar-refractivity contribution in [3.63, 3.8) is 0 Å². The van der Waals surface area contributed by atoms with Crippen molar-refractivity contribution in [2.75, 3.05) is 26.3 Å².